The third-order valence-corrected chi connectivity index (χ3v) is 9.36. The van der Waals surface area contributed by atoms with Gasteiger partial charge in [0.1, 0.15) is 32.6 Å². The number of hydrogen-bond donors (Lipinski definition) is 3. The molecule has 0 atom stereocenters. The number of imidazole rings is 1. The molecule has 47 heavy (non-hydrogen) atoms. The summed E-state index contributed by atoms with van der Waals surface area (Å²) in [5.74, 6) is -1.17. The summed E-state index contributed by atoms with van der Waals surface area (Å²) >= 11 is 0. The van der Waals surface area contributed by atoms with E-state index in [4.69, 9.17) is 4.98 Å². The molecule has 11 nitrogen and oxygen atoms in total. The van der Waals surface area contributed by atoms with Crippen molar-refractivity contribution in [2.24, 2.45) is 5.92 Å². The molecule has 0 unspecified atom stereocenters. The Morgan fingerprint density at radius 2 is 1.79 bits per heavy atom. The van der Waals surface area contributed by atoms with E-state index in [1.54, 1.807) is 24.4 Å². The number of rotatable bonds is 8. The number of aromatic nitrogens is 7. The number of anilines is 1. The second-order valence-electron chi connectivity index (χ2n) is 11.9. The van der Waals surface area contributed by atoms with Crippen LogP contribution in [-0.2, 0) is 21.1 Å². The highest BCUT2D eigenvalue weighted by atomic mass is 32.2. The fraction of sp³-hybridized carbons (Fsp3) is 0.273. The lowest BCUT2D eigenvalue weighted by Gasteiger charge is -2.20. The Kier molecular flexibility index (Phi) is 7.96. The molecule has 5 heterocycles. The molecule has 0 spiro atoms. The number of nitrogens with zero attached hydrogens (tertiary/aromatic N) is 5. The smallest absolute Gasteiger partial charge is 0.227 e. The minimum absolute atomic E-state index is 0.0289. The highest BCUT2D eigenvalue weighted by Crippen LogP contribution is 2.35. The van der Waals surface area contributed by atoms with E-state index in [1.807, 2.05) is 0 Å². The Morgan fingerprint density at radius 1 is 0.957 bits per heavy atom. The first-order valence-electron chi connectivity index (χ1n) is 15.2. The van der Waals surface area contributed by atoms with Crippen LogP contribution < -0.4 is 5.32 Å². The van der Waals surface area contributed by atoms with E-state index >= 15 is 4.39 Å². The molecular formula is C33H30F2N8O3S. The van der Waals surface area contributed by atoms with Crippen molar-refractivity contribution in [3.63, 3.8) is 0 Å². The number of H-pyrrole nitrogens is 2. The summed E-state index contributed by atoms with van der Waals surface area (Å²) in [6.07, 6.45) is 12.2. The molecule has 3 N–H and O–H groups in total. The second kappa shape index (κ2) is 12.2. The van der Waals surface area contributed by atoms with Gasteiger partial charge in [-0.3, -0.25) is 24.8 Å². The Morgan fingerprint density at radius 3 is 2.60 bits per heavy atom. The molecule has 1 aliphatic rings. The number of aromatic amines is 2. The van der Waals surface area contributed by atoms with E-state index in [-0.39, 0.29) is 46.6 Å². The van der Waals surface area contributed by atoms with Crippen LogP contribution in [0.25, 0.3) is 56.0 Å². The predicted octanol–water partition coefficient (Wildman–Crippen LogP) is 6.01. The Hall–Kier alpha value is -5.11. The monoisotopic (exact) mass is 656 g/mol. The number of pyridine rings is 3. The molecular weight excluding hydrogens is 626 g/mol. The number of nitrogens with one attached hydrogen (secondary N) is 3. The average Bonchev–Trinajstić information content (AvgIpc) is 3.69. The van der Waals surface area contributed by atoms with Crippen molar-refractivity contribution in [3.8, 4) is 34.0 Å². The quantitative estimate of drug-likeness (QED) is 0.180. The summed E-state index contributed by atoms with van der Waals surface area (Å²) in [6, 6.07) is 7.63. The molecule has 7 rings (SSSR count). The summed E-state index contributed by atoms with van der Waals surface area (Å²) in [5.41, 5.74) is 3.67. The maximum Gasteiger partial charge on any atom is 0.227 e. The summed E-state index contributed by atoms with van der Waals surface area (Å²) in [7, 11) is -3.24. The number of carbonyl (C=O) groups excluding carboxylic acids is 1. The van der Waals surface area contributed by atoms with E-state index in [9.17, 15) is 17.6 Å². The highest BCUT2D eigenvalue weighted by Gasteiger charge is 2.24. The van der Waals surface area contributed by atoms with E-state index < -0.39 is 21.5 Å². The SMILES string of the molecule is CS(=O)(=O)CCc1cc(F)cc(-c2nccc3[nH]c(-c4n[nH]c5cnc(-c6cncc(NC(=O)C7CCCCC7)c6)c(F)c45)nc23)c1. The molecule has 1 fully saturated rings. The van der Waals surface area contributed by atoms with Gasteiger partial charge in [0.25, 0.3) is 0 Å². The van der Waals surface area contributed by atoms with Crippen molar-refractivity contribution < 1.29 is 22.0 Å². The zero-order chi connectivity index (χ0) is 32.7. The van der Waals surface area contributed by atoms with E-state index in [1.165, 1.54) is 30.7 Å². The van der Waals surface area contributed by atoms with Crippen LogP contribution in [0.1, 0.15) is 37.7 Å². The minimum atomic E-state index is -3.24. The van der Waals surface area contributed by atoms with Gasteiger partial charge < -0.3 is 10.3 Å². The van der Waals surface area contributed by atoms with E-state index in [0.29, 0.717) is 44.6 Å². The number of carbonyl (C=O) groups is 1. The molecule has 1 amide bonds. The standard InChI is InChI=1S/C33H30F2N8O3S/c1-47(45,46)10-8-18-11-20(13-22(34)12-18)29-30-24(7-9-37-29)40-32(41-30)31-26-25(42-43-31)17-38-28(27(26)35)21-14-23(16-36-15-21)39-33(44)19-5-3-2-4-6-19/h7,9,11-17,19H,2-6,8,10H2,1H3,(H,39,44)(H,40,41)(H,42,43). The molecule has 14 heteroatoms. The van der Waals surface area contributed by atoms with Gasteiger partial charge in [-0.05, 0) is 55.2 Å². The molecule has 1 saturated carbocycles. The van der Waals surface area contributed by atoms with Crippen LogP contribution in [0.15, 0.2) is 55.1 Å². The van der Waals surface area contributed by atoms with E-state index in [2.05, 4.69) is 35.5 Å². The third kappa shape index (κ3) is 6.32. The van der Waals surface area contributed by atoms with Gasteiger partial charge in [-0.1, -0.05) is 19.3 Å². The van der Waals surface area contributed by atoms with Crippen LogP contribution in [0.5, 0.6) is 0 Å². The molecule has 0 bridgehead atoms. The fourth-order valence-corrected chi connectivity index (χ4v) is 6.69. The van der Waals surface area contributed by atoms with E-state index in [0.717, 1.165) is 38.4 Å². The lowest BCUT2D eigenvalue weighted by atomic mass is 9.88. The van der Waals surface area contributed by atoms with Crippen molar-refractivity contribution in [3.05, 3.63) is 72.3 Å². The van der Waals surface area contributed by atoms with Gasteiger partial charge in [-0.2, -0.15) is 5.10 Å². The van der Waals surface area contributed by atoms with Gasteiger partial charge in [0.15, 0.2) is 11.6 Å². The highest BCUT2D eigenvalue weighted by molar-refractivity contribution is 7.90. The van der Waals surface area contributed by atoms with Gasteiger partial charge in [-0.25, -0.2) is 22.2 Å². The lowest BCUT2D eigenvalue weighted by Crippen LogP contribution is -2.24. The molecule has 1 aliphatic carbocycles. The Bertz CT molecular complexity index is 2260. The second-order valence-corrected chi connectivity index (χ2v) is 14.2. The summed E-state index contributed by atoms with van der Waals surface area (Å²) in [4.78, 5) is 33.7. The third-order valence-electron chi connectivity index (χ3n) is 8.42. The molecule has 0 radical (unpaired) electrons. The number of hydrogen-bond acceptors (Lipinski definition) is 8. The number of sulfone groups is 1. The maximum absolute atomic E-state index is 16.3. The van der Waals surface area contributed by atoms with Gasteiger partial charge in [0, 0.05) is 35.7 Å². The molecule has 1 aromatic carbocycles. The van der Waals surface area contributed by atoms with Gasteiger partial charge in [0.2, 0.25) is 5.91 Å². The summed E-state index contributed by atoms with van der Waals surface area (Å²) < 4.78 is 54.3. The van der Waals surface area contributed by atoms with Crippen LogP contribution in [-0.4, -0.2) is 61.5 Å². The summed E-state index contributed by atoms with van der Waals surface area (Å²) in [6.45, 7) is 0. The summed E-state index contributed by atoms with van der Waals surface area (Å²) in [5, 5.41) is 10.2. The van der Waals surface area contributed by atoms with Crippen molar-refractivity contribution in [2.45, 2.75) is 38.5 Å². The zero-order valence-corrected chi connectivity index (χ0v) is 26.2. The molecule has 6 aromatic rings. The maximum atomic E-state index is 16.3. The first-order valence-corrected chi connectivity index (χ1v) is 17.3. The number of benzene rings is 1. The van der Waals surface area contributed by atoms with Crippen LogP contribution in [0.2, 0.25) is 0 Å². The topological polar surface area (TPSA) is 159 Å². The predicted molar refractivity (Wildman–Crippen MR) is 174 cm³/mol. The van der Waals surface area contributed by atoms with Gasteiger partial charge in [0.05, 0.1) is 45.9 Å². The van der Waals surface area contributed by atoms with Gasteiger partial charge >= 0.3 is 0 Å². The van der Waals surface area contributed by atoms with Crippen molar-refractivity contribution >= 4 is 43.4 Å². The van der Waals surface area contributed by atoms with Crippen LogP contribution in [0.3, 0.4) is 0 Å². The first-order chi connectivity index (χ1) is 22.6. The number of amides is 1. The molecule has 240 valence electrons. The van der Waals surface area contributed by atoms with Crippen LogP contribution in [0.4, 0.5) is 14.5 Å². The minimum Gasteiger partial charge on any atom is -0.336 e. The van der Waals surface area contributed by atoms with Crippen LogP contribution in [0, 0.1) is 17.6 Å². The molecule has 0 saturated heterocycles. The molecule has 0 aliphatic heterocycles. The molecule has 5 aromatic heterocycles. The zero-order valence-electron chi connectivity index (χ0n) is 25.3. The van der Waals surface area contributed by atoms with Gasteiger partial charge in [-0.15, -0.1) is 0 Å². The largest absolute Gasteiger partial charge is 0.336 e. The van der Waals surface area contributed by atoms with Crippen molar-refractivity contribution in [1.29, 1.82) is 0 Å². The fourth-order valence-electron chi connectivity index (χ4n) is 6.09. The number of fused-ring (bicyclic) bond motifs is 2. The van der Waals surface area contributed by atoms with Crippen LogP contribution >= 0.6 is 0 Å². The average molecular weight is 657 g/mol. The Labute approximate surface area is 268 Å². The normalized spacial score (nSPS) is 14.2. The lowest BCUT2D eigenvalue weighted by molar-refractivity contribution is -0.120. The van der Waals surface area contributed by atoms with Crippen molar-refractivity contribution in [1.82, 2.24) is 35.1 Å². The Balaban J connectivity index is 1.24. The first kappa shape index (κ1) is 30.5. The number of aryl methyl sites for hydroxylation is 1. The van der Waals surface area contributed by atoms with Crippen molar-refractivity contribution in [2.75, 3.05) is 17.3 Å². The number of halogens is 2.